The Labute approximate surface area is 267 Å². The maximum absolute atomic E-state index is 13.2. The Bertz CT molecular complexity index is 1790. The molecule has 0 spiro atoms. The Morgan fingerprint density at radius 2 is 2.02 bits per heavy atom. The highest BCUT2D eigenvalue weighted by molar-refractivity contribution is 7.80. The van der Waals surface area contributed by atoms with Crippen LogP contribution in [0.2, 0.25) is 0 Å². The van der Waals surface area contributed by atoms with Crippen molar-refractivity contribution in [1.29, 1.82) is 0 Å². The first kappa shape index (κ1) is 32.8. The molecule has 246 valence electrons. The van der Waals surface area contributed by atoms with Crippen molar-refractivity contribution in [3.05, 3.63) is 35.3 Å². The number of nitrogens with one attached hydrogen (secondary N) is 1. The van der Waals surface area contributed by atoms with Gasteiger partial charge in [-0.05, 0) is 12.5 Å². The highest BCUT2D eigenvalue weighted by Gasteiger charge is 2.52. The molecule has 22 heteroatoms. The highest BCUT2D eigenvalue weighted by Crippen LogP contribution is 2.44. The third-order valence-electron chi connectivity index (χ3n) is 8.06. The van der Waals surface area contributed by atoms with Gasteiger partial charge in [-0.15, -0.1) is 9.05 Å². The number of methoxy groups -OCH3 is 1. The molecule has 6 rings (SSSR count). The number of nitrogens with two attached hydrogens (primary N) is 2. The Kier molecular flexibility index (Phi) is 9.91. The van der Waals surface area contributed by atoms with Gasteiger partial charge in [-0.25, -0.2) is 19.5 Å². The maximum atomic E-state index is 13.2. The van der Waals surface area contributed by atoms with Crippen LogP contribution in [0.25, 0.3) is 22.2 Å². The minimum atomic E-state index is -2.81. The molecule has 2 aliphatic rings. The summed E-state index contributed by atoms with van der Waals surface area (Å²) in [5, 5.41) is 12.0. The molecule has 9 atom stereocenters. The molecule has 0 aromatic carbocycles. The monoisotopic (exact) mass is 698 g/mol. The van der Waals surface area contributed by atoms with Gasteiger partial charge in [0.05, 0.1) is 30.3 Å². The minimum absolute atomic E-state index is 0.00456. The second kappa shape index (κ2) is 13.9. The molecule has 6 N–H and O–H groups in total. The van der Waals surface area contributed by atoms with Crippen LogP contribution in [-0.2, 0) is 36.9 Å². The molecule has 0 amide bonds. The van der Waals surface area contributed by atoms with Gasteiger partial charge in [0.15, 0.2) is 17.4 Å². The van der Waals surface area contributed by atoms with Crippen LogP contribution in [-0.4, -0.2) is 95.9 Å². The van der Waals surface area contributed by atoms with Crippen molar-refractivity contribution < 1.29 is 42.0 Å². The average molecular weight is 699 g/mol. The van der Waals surface area contributed by atoms with E-state index in [9.17, 15) is 19.0 Å². The molecule has 46 heavy (non-hydrogen) atoms. The number of nitrogens with zero attached hydrogens (tertiary/aromatic N) is 6. The summed E-state index contributed by atoms with van der Waals surface area (Å²) in [6.07, 6.45) is -1.08. The number of aliphatic hydroxyl groups is 1. The largest absolute Gasteiger partial charge is 0.697 e. The highest BCUT2D eigenvalue weighted by atomic mass is 32.1. The number of imidazole rings is 1. The number of nitrogen functional groups attached to an aromatic ring is 2. The predicted molar refractivity (Wildman–Crippen MR) is 163 cm³/mol. The number of hydrogen-bond donors (Lipinski definition) is 5. The van der Waals surface area contributed by atoms with Gasteiger partial charge in [0.2, 0.25) is 5.95 Å². The van der Waals surface area contributed by atoms with E-state index in [1.165, 1.54) is 24.3 Å². The van der Waals surface area contributed by atoms with Crippen LogP contribution in [0.3, 0.4) is 0 Å². The summed E-state index contributed by atoms with van der Waals surface area (Å²) in [5.41, 5.74) is 11.8. The number of aliphatic hydroxyl groups excluding tert-OH is 1. The molecule has 4 aromatic rings. The number of aromatic amines is 1. The van der Waals surface area contributed by atoms with Gasteiger partial charge in [-0.1, -0.05) is 0 Å². The van der Waals surface area contributed by atoms with E-state index in [1.54, 1.807) is 16.8 Å². The van der Waals surface area contributed by atoms with Gasteiger partial charge >= 0.3 is 16.9 Å². The van der Waals surface area contributed by atoms with Crippen LogP contribution < -0.4 is 17.0 Å². The molecule has 19 nitrogen and oxygen atoms in total. The number of anilines is 2. The fourth-order valence-electron chi connectivity index (χ4n) is 6.04. The first-order valence-corrected chi connectivity index (χ1v) is 16.3. The Morgan fingerprint density at radius 3 is 2.78 bits per heavy atom. The summed E-state index contributed by atoms with van der Waals surface area (Å²) in [6, 6.07) is 1.25. The maximum Gasteiger partial charge on any atom is 0.697 e. The number of rotatable bonds is 13. The SMILES string of the molecule is CO[C@H]1[C@@H](OP=O)[C@H](n2cnc3c(=O)[nH]c(N)nc32)O[C@@H]1CO[P+](=O)O[C@@H]1[C@@H](COCS)C[C@@H](n2ccc3c(N)ncnc32)[C@@H]1O. The Morgan fingerprint density at radius 1 is 1.20 bits per heavy atom. The molecule has 4 aromatic heterocycles. The van der Waals surface area contributed by atoms with Crippen LogP contribution in [0.1, 0.15) is 18.7 Å². The van der Waals surface area contributed by atoms with E-state index >= 15 is 0 Å². The fraction of sp³-hybridized carbons (Fsp3) is 0.542. The third kappa shape index (κ3) is 6.13. The molecule has 1 saturated heterocycles. The normalized spacial score (nSPS) is 28.5. The van der Waals surface area contributed by atoms with Crippen molar-refractivity contribution in [3.63, 3.8) is 0 Å². The summed E-state index contributed by atoms with van der Waals surface area (Å²) >= 11 is 4.11. The van der Waals surface area contributed by atoms with Crippen molar-refractivity contribution in [2.75, 3.05) is 37.7 Å². The summed E-state index contributed by atoms with van der Waals surface area (Å²) in [5.74, 6) is -0.0860. The minimum Gasteiger partial charge on any atom is -0.388 e. The van der Waals surface area contributed by atoms with E-state index in [0.717, 1.165) is 0 Å². The van der Waals surface area contributed by atoms with Crippen LogP contribution in [0.4, 0.5) is 11.8 Å². The quantitative estimate of drug-likeness (QED) is 0.0744. The molecule has 1 aliphatic carbocycles. The van der Waals surface area contributed by atoms with E-state index in [2.05, 4.69) is 37.5 Å². The third-order valence-corrected chi connectivity index (χ3v) is 9.35. The molecule has 1 aliphatic heterocycles. The average Bonchev–Trinajstić information content (AvgIpc) is 3.80. The Hall–Kier alpha value is -3.16. The van der Waals surface area contributed by atoms with Crippen LogP contribution in [0.15, 0.2) is 29.7 Å². The van der Waals surface area contributed by atoms with E-state index in [1.807, 2.05) is 0 Å². The predicted octanol–water partition coefficient (Wildman–Crippen LogP) is 1.12. The van der Waals surface area contributed by atoms with Crippen molar-refractivity contribution in [2.24, 2.45) is 5.92 Å². The van der Waals surface area contributed by atoms with Crippen molar-refractivity contribution in [1.82, 2.24) is 34.1 Å². The smallest absolute Gasteiger partial charge is 0.388 e. The fourth-order valence-corrected chi connectivity index (χ4v) is 7.29. The summed E-state index contributed by atoms with van der Waals surface area (Å²) in [4.78, 5) is 31.2. The van der Waals surface area contributed by atoms with Crippen LogP contribution >= 0.6 is 29.6 Å². The van der Waals surface area contributed by atoms with Crippen LogP contribution in [0, 0.1) is 5.92 Å². The van der Waals surface area contributed by atoms with Gasteiger partial charge in [0, 0.05) is 23.8 Å². The lowest BCUT2D eigenvalue weighted by atomic mass is 10.1. The number of ether oxygens (including phenoxy) is 3. The van der Waals surface area contributed by atoms with Crippen molar-refractivity contribution in [2.45, 2.75) is 49.2 Å². The van der Waals surface area contributed by atoms with Crippen molar-refractivity contribution >= 4 is 63.5 Å². The molecule has 1 saturated carbocycles. The molecular weight excluding hydrogens is 668 g/mol. The molecular formula is C24H30N9O10P2S+. The standard InChI is InChI=1S/C24H29N9O10P2S/c1-38-17-13(41-23(18(17)42-44-36)33-8-29-14-21(33)30-24(26)31-22(14)35)6-40-45(37)43-16-10(5-39-9-46)4-12(15(16)34)32-3-2-11-19(25)27-7-28-20(11)32/h2-3,7-8,10,12-13,15-18,23,34H,4-6,9H2,1H3,(H5-,25,26,27,28,30,31,35,46)/p+1/t10-,12-,13-,15+,16-,17-,18-,23-/m1/s1. The summed E-state index contributed by atoms with van der Waals surface area (Å²) in [6.45, 7) is -0.140. The number of H-pyrrole nitrogens is 1. The summed E-state index contributed by atoms with van der Waals surface area (Å²) < 4.78 is 61.8. The number of thiol groups is 1. The molecule has 0 bridgehead atoms. The zero-order valence-electron chi connectivity index (χ0n) is 24.1. The Balaban J connectivity index is 1.17. The van der Waals surface area contributed by atoms with Gasteiger partial charge in [-0.2, -0.15) is 17.6 Å². The molecule has 5 heterocycles. The zero-order valence-corrected chi connectivity index (χ0v) is 26.7. The van der Waals surface area contributed by atoms with E-state index < -0.39 is 65.3 Å². The lowest BCUT2D eigenvalue weighted by Gasteiger charge is -2.20. The first-order chi connectivity index (χ1) is 22.2. The topological polar surface area (TPSA) is 256 Å². The number of aromatic nitrogens is 7. The second-order valence-electron chi connectivity index (χ2n) is 10.5. The lowest BCUT2D eigenvalue weighted by Crippen LogP contribution is -2.36. The number of fused-ring (bicyclic) bond motifs is 2. The van der Waals surface area contributed by atoms with Gasteiger partial charge in [0.1, 0.15) is 54.9 Å². The van der Waals surface area contributed by atoms with Gasteiger partial charge in [-0.3, -0.25) is 18.9 Å². The van der Waals surface area contributed by atoms with Crippen molar-refractivity contribution in [3.8, 4) is 0 Å². The van der Waals surface area contributed by atoms with E-state index in [4.69, 9.17) is 39.2 Å². The van der Waals surface area contributed by atoms with Gasteiger partial charge < -0.3 is 35.4 Å². The second-order valence-corrected chi connectivity index (χ2v) is 12.1. The van der Waals surface area contributed by atoms with E-state index in [0.29, 0.717) is 23.3 Å². The molecule has 1 unspecified atom stereocenters. The van der Waals surface area contributed by atoms with Gasteiger partial charge in [0.25, 0.3) is 5.56 Å². The lowest BCUT2D eigenvalue weighted by molar-refractivity contribution is -0.0524. The van der Waals surface area contributed by atoms with Crippen LogP contribution in [0.5, 0.6) is 0 Å². The number of hydrogen-bond acceptors (Lipinski definition) is 17. The zero-order chi connectivity index (χ0) is 32.5. The molecule has 0 radical (unpaired) electrons. The summed E-state index contributed by atoms with van der Waals surface area (Å²) in [7, 11) is -2.09. The first-order valence-electron chi connectivity index (χ1n) is 13.8. The van der Waals surface area contributed by atoms with E-state index in [-0.39, 0.29) is 42.2 Å². The molecule has 2 fully saturated rings.